The van der Waals surface area contributed by atoms with Gasteiger partial charge in [-0.1, -0.05) is 0 Å². The number of piperazine rings is 1. The number of methoxy groups -OCH3 is 1. The number of anilines is 1. The van der Waals surface area contributed by atoms with Gasteiger partial charge in [-0.05, 0) is 31.2 Å². The van der Waals surface area contributed by atoms with Crippen LogP contribution in [0.4, 0.5) is 5.69 Å². The molecule has 0 saturated carbocycles. The Morgan fingerprint density at radius 3 is 2.23 bits per heavy atom. The Hall–Kier alpha value is -2.08. The minimum Gasteiger partial charge on any atom is -0.497 e. The molecule has 1 aliphatic heterocycles. The van der Waals surface area contributed by atoms with Gasteiger partial charge in [-0.25, -0.2) is 0 Å². The van der Waals surface area contributed by atoms with E-state index >= 15 is 0 Å². The van der Waals surface area contributed by atoms with Crippen molar-refractivity contribution in [1.29, 1.82) is 0 Å². The monoisotopic (exact) mass is 305 g/mol. The van der Waals surface area contributed by atoms with Crippen LogP contribution >= 0.6 is 0 Å². The lowest BCUT2D eigenvalue weighted by atomic mass is 10.2. The van der Waals surface area contributed by atoms with Gasteiger partial charge in [0, 0.05) is 38.8 Å². The van der Waals surface area contributed by atoms with E-state index in [2.05, 4.69) is 10.2 Å². The van der Waals surface area contributed by atoms with Crippen molar-refractivity contribution < 1.29 is 14.3 Å². The highest BCUT2D eigenvalue weighted by atomic mass is 16.5. The third-order valence-corrected chi connectivity index (χ3v) is 4.04. The molecular formula is C16H23N3O3. The molecule has 2 amide bonds. The van der Waals surface area contributed by atoms with E-state index in [4.69, 9.17) is 4.74 Å². The van der Waals surface area contributed by atoms with E-state index in [9.17, 15) is 9.59 Å². The fourth-order valence-electron chi connectivity index (χ4n) is 2.51. The fourth-order valence-corrected chi connectivity index (χ4v) is 2.51. The molecule has 1 aromatic carbocycles. The standard InChI is InChI=1S/C16H23N3O3/c1-12(18-8-10-19(11-9-18)13(2)20)16(21)17-14-4-6-15(22-3)7-5-14/h4-7,12H,8-11H2,1-3H3,(H,17,21)/t12-/m0/s1. The first-order valence-electron chi connectivity index (χ1n) is 7.45. The van der Waals surface area contributed by atoms with Gasteiger partial charge < -0.3 is 15.0 Å². The summed E-state index contributed by atoms with van der Waals surface area (Å²) >= 11 is 0. The quantitative estimate of drug-likeness (QED) is 0.907. The first-order chi connectivity index (χ1) is 10.5. The Labute approximate surface area is 131 Å². The van der Waals surface area contributed by atoms with Gasteiger partial charge in [0.2, 0.25) is 11.8 Å². The van der Waals surface area contributed by atoms with Crippen LogP contribution in [0.15, 0.2) is 24.3 Å². The summed E-state index contributed by atoms with van der Waals surface area (Å²) in [7, 11) is 1.61. The molecule has 6 nitrogen and oxygen atoms in total. The average Bonchev–Trinajstić information content (AvgIpc) is 2.55. The second kappa shape index (κ2) is 7.26. The van der Waals surface area contributed by atoms with Crippen LogP contribution in [0.25, 0.3) is 0 Å². The van der Waals surface area contributed by atoms with Crippen molar-refractivity contribution in [3.8, 4) is 5.75 Å². The van der Waals surface area contributed by atoms with Crippen LogP contribution in [0, 0.1) is 0 Å². The van der Waals surface area contributed by atoms with E-state index in [-0.39, 0.29) is 17.9 Å². The molecule has 1 atom stereocenters. The second-order valence-electron chi connectivity index (χ2n) is 5.44. The molecule has 120 valence electrons. The summed E-state index contributed by atoms with van der Waals surface area (Å²) in [6.45, 7) is 6.26. The summed E-state index contributed by atoms with van der Waals surface area (Å²) in [6.07, 6.45) is 0. The van der Waals surface area contributed by atoms with E-state index in [0.717, 1.165) is 24.5 Å². The van der Waals surface area contributed by atoms with Crippen molar-refractivity contribution >= 4 is 17.5 Å². The van der Waals surface area contributed by atoms with E-state index in [0.29, 0.717) is 13.1 Å². The zero-order valence-corrected chi connectivity index (χ0v) is 13.3. The van der Waals surface area contributed by atoms with Gasteiger partial charge in [0.25, 0.3) is 0 Å². The summed E-state index contributed by atoms with van der Waals surface area (Å²) in [5.74, 6) is 0.808. The number of carbonyl (C=O) groups excluding carboxylic acids is 2. The highest BCUT2D eigenvalue weighted by Gasteiger charge is 2.26. The molecule has 0 spiro atoms. The van der Waals surface area contributed by atoms with Crippen molar-refractivity contribution in [2.75, 3.05) is 38.6 Å². The van der Waals surface area contributed by atoms with Gasteiger partial charge in [0.15, 0.2) is 0 Å². The molecule has 0 aliphatic carbocycles. The lowest BCUT2D eigenvalue weighted by molar-refractivity contribution is -0.131. The highest BCUT2D eigenvalue weighted by molar-refractivity contribution is 5.94. The minimum atomic E-state index is -0.226. The van der Waals surface area contributed by atoms with Gasteiger partial charge in [-0.15, -0.1) is 0 Å². The molecule has 0 radical (unpaired) electrons. The number of nitrogens with zero attached hydrogens (tertiary/aromatic N) is 2. The summed E-state index contributed by atoms with van der Waals surface area (Å²) in [5, 5.41) is 2.91. The van der Waals surface area contributed by atoms with Crippen LogP contribution in [-0.2, 0) is 9.59 Å². The van der Waals surface area contributed by atoms with Crippen molar-refractivity contribution in [2.45, 2.75) is 19.9 Å². The van der Waals surface area contributed by atoms with Crippen LogP contribution in [0.2, 0.25) is 0 Å². The zero-order valence-electron chi connectivity index (χ0n) is 13.3. The van der Waals surface area contributed by atoms with Crippen molar-refractivity contribution in [3.05, 3.63) is 24.3 Å². The van der Waals surface area contributed by atoms with Crippen molar-refractivity contribution in [1.82, 2.24) is 9.80 Å². The molecule has 1 heterocycles. The van der Waals surface area contributed by atoms with Crippen molar-refractivity contribution in [2.24, 2.45) is 0 Å². The maximum atomic E-state index is 12.3. The summed E-state index contributed by atoms with van der Waals surface area (Å²) in [6, 6.07) is 7.03. The van der Waals surface area contributed by atoms with Crippen LogP contribution in [0.3, 0.4) is 0 Å². The molecule has 1 aromatic rings. The van der Waals surface area contributed by atoms with Gasteiger partial charge >= 0.3 is 0 Å². The second-order valence-corrected chi connectivity index (χ2v) is 5.44. The molecule has 1 fully saturated rings. The molecule has 1 N–H and O–H groups in total. The Kier molecular flexibility index (Phi) is 5.38. The van der Waals surface area contributed by atoms with Gasteiger partial charge in [-0.2, -0.15) is 0 Å². The first kappa shape index (κ1) is 16.3. The molecular weight excluding hydrogens is 282 g/mol. The predicted molar refractivity (Wildman–Crippen MR) is 84.9 cm³/mol. The predicted octanol–water partition coefficient (Wildman–Crippen LogP) is 1.19. The molecule has 0 bridgehead atoms. The number of carbonyl (C=O) groups is 2. The van der Waals surface area contributed by atoms with E-state index < -0.39 is 0 Å². The molecule has 1 saturated heterocycles. The molecule has 2 rings (SSSR count). The number of hydrogen-bond donors (Lipinski definition) is 1. The summed E-state index contributed by atoms with van der Waals surface area (Å²) < 4.78 is 5.09. The van der Waals surface area contributed by atoms with Crippen LogP contribution < -0.4 is 10.1 Å². The molecule has 6 heteroatoms. The van der Waals surface area contributed by atoms with Crippen LogP contribution in [-0.4, -0.2) is 60.9 Å². The van der Waals surface area contributed by atoms with Gasteiger partial charge in [0.05, 0.1) is 13.2 Å². The lowest BCUT2D eigenvalue weighted by Crippen LogP contribution is -2.53. The normalized spacial score (nSPS) is 17.0. The summed E-state index contributed by atoms with van der Waals surface area (Å²) in [4.78, 5) is 27.5. The Bertz CT molecular complexity index is 522. The number of hydrogen-bond acceptors (Lipinski definition) is 4. The number of benzene rings is 1. The zero-order chi connectivity index (χ0) is 16.1. The van der Waals surface area contributed by atoms with E-state index in [1.54, 1.807) is 14.0 Å². The largest absolute Gasteiger partial charge is 0.497 e. The SMILES string of the molecule is COc1ccc(NC(=O)[C@H](C)N2CCN(C(C)=O)CC2)cc1. The van der Waals surface area contributed by atoms with Crippen molar-refractivity contribution in [3.63, 3.8) is 0 Å². The first-order valence-corrected chi connectivity index (χ1v) is 7.45. The van der Waals surface area contributed by atoms with Crippen LogP contribution in [0.5, 0.6) is 5.75 Å². The topological polar surface area (TPSA) is 61.9 Å². The Balaban J connectivity index is 1.88. The smallest absolute Gasteiger partial charge is 0.241 e. The highest BCUT2D eigenvalue weighted by Crippen LogP contribution is 2.16. The number of nitrogens with one attached hydrogen (secondary N) is 1. The maximum absolute atomic E-state index is 12.3. The fraction of sp³-hybridized carbons (Fsp3) is 0.500. The van der Waals surface area contributed by atoms with E-state index in [1.807, 2.05) is 36.1 Å². The van der Waals surface area contributed by atoms with E-state index in [1.165, 1.54) is 0 Å². The number of rotatable bonds is 4. The third kappa shape index (κ3) is 3.98. The average molecular weight is 305 g/mol. The molecule has 1 aliphatic rings. The van der Waals surface area contributed by atoms with Gasteiger partial charge in [-0.3, -0.25) is 14.5 Å². The Morgan fingerprint density at radius 1 is 1.14 bits per heavy atom. The maximum Gasteiger partial charge on any atom is 0.241 e. The third-order valence-electron chi connectivity index (χ3n) is 4.04. The lowest BCUT2D eigenvalue weighted by Gasteiger charge is -2.37. The Morgan fingerprint density at radius 2 is 1.73 bits per heavy atom. The number of amides is 2. The van der Waals surface area contributed by atoms with Crippen LogP contribution in [0.1, 0.15) is 13.8 Å². The summed E-state index contributed by atoms with van der Waals surface area (Å²) in [5.41, 5.74) is 0.750. The van der Waals surface area contributed by atoms with Gasteiger partial charge in [0.1, 0.15) is 5.75 Å². The molecule has 22 heavy (non-hydrogen) atoms. The minimum absolute atomic E-state index is 0.0403. The number of ether oxygens (including phenoxy) is 1. The molecule has 0 unspecified atom stereocenters. The molecule has 0 aromatic heterocycles.